The third-order valence-electron chi connectivity index (χ3n) is 6.36. The minimum Gasteiger partial charge on any atom is -0.350 e. The Hall–Kier alpha value is -1.05. The average Bonchev–Trinajstić information content (AvgIpc) is 2.61. The van der Waals surface area contributed by atoms with Crippen molar-refractivity contribution in [1.29, 1.82) is 0 Å². The number of hydrogen-bond acceptors (Lipinski definition) is 1. The summed E-state index contributed by atoms with van der Waals surface area (Å²) in [5.74, 6) is 1.02. The zero-order valence-corrected chi connectivity index (χ0v) is 13.7. The van der Waals surface area contributed by atoms with Crippen LogP contribution in [0.15, 0.2) is 12.3 Å². The highest BCUT2D eigenvalue weighted by Gasteiger charge is 2.64. The summed E-state index contributed by atoms with van der Waals surface area (Å²) in [7, 11) is 0. The number of aromatic nitrogens is 1. The second-order valence-electron chi connectivity index (χ2n) is 8.77. The first-order valence-electron chi connectivity index (χ1n) is 7.77. The van der Waals surface area contributed by atoms with Gasteiger partial charge in [0.15, 0.2) is 5.78 Å². The third-order valence-corrected chi connectivity index (χ3v) is 6.36. The van der Waals surface area contributed by atoms with Crippen LogP contribution in [0.4, 0.5) is 0 Å². The molecule has 110 valence electrons. The van der Waals surface area contributed by atoms with Crippen molar-refractivity contribution in [2.45, 2.75) is 60.9 Å². The van der Waals surface area contributed by atoms with E-state index in [2.05, 4.69) is 52.3 Å². The van der Waals surface area contributed by atoms with Crippen LogP contribution in [-0.2, 0) is 13.0 Å². The minimum atomic E-state index is 0.106. The maximum atomic E-state index is 12.3. The molecule has 0 saturated heterocycles. The van der Waals surface area contributed by atoms with Gasteiger partial charge >= 0.3 is 0 Å². The number of hydrogen-bond donors (Lipinski definition) is 0. The van der Waals surface area contributed by atoms with E-state index < -0.39 is 0 Å². The molecule has 0 atom stereocenters. The molecule has 1 aromatic rings. The van der Waals surface area contributed by atoms with Crippen LogP contribution in [0.3, 0.4) is 0 Å². The second-order valence-corrected chi connectivity index (χ2v) is 8.77. The molecule has 2 aliphatic rings. The van der Waals surface area contributed by atoms with Crippen LogP contribution in [-0.4, -0.2) is 10.4 Å². The molecule has 2 nitrogen and oxygen atoms in total. The van der Waals surface area contributed by atoms with Crippen molar-refractivity contribution in [2.75, 3.05) is 0 Å². The highest BCUT2D eigenvalue weighted by atomic mass is 16.1. The second kappa shape index (κ2) is 3.78. The van der Waals surface area contributed by atoms with E-state index in [0.29, 0.717) is 29.0 Å². The Morgan fingerprint density at radius 1 is 1.10 bits per heavy atom. The molecule has 0 radical (unpaired) electrons. The lowest BCUT2D eigenvalue weighted by atomic mass is 9.76. The Morgan fingerprint density at radius 2 is 1.70 bits per heavy atom. The number of carbonyl (C=O) groups excluding carboxylic acids is 1. The molecule has 0 amide bonds. The first-order valence-corrected chi connectivity index (χ1v) is 7.77. The summed E-state index contributed by atoms with van der Waals surface area (Å²) < 4.78 is 2.36. The van der Waals surface area contributed by atoms with Crippen molar-refractivity contribution in [3.63, 3.8) is 0 Å². The number of carbonyl (C=O) groups is 1. The Morgan fingerprint density at radius 3 is 2.25 bits per heavy atom. The molecule has 1 fully saturated rings. The Kier molecular flexibility index (Phi) is 2.63. The number of Topliss-reactive ketones (excluding diaryl/α,β-unsaturated/α-hetero) is 1. The Bertz CT molecular complexity index is 560. The summed E-state index contributed by atoms with van der Waals surface area (Å²) in [4.78, 5) is 12.3. The molecule has 1 heterocycles. The molecular weight excluding hydrogens is 246 g/mol. The summed E-state index contributed by atoms with van der Waals surface area (Å²) in [5, 5.41) is 0. The third kappa shape index (κ3) is 1.80. The number of ketones is 1. The van der Waals surface area contributed by atoms with Crippen LogP contribution in [0, 0.1) is 22.2 Å². The zero-order chi connectivity index (χ0) is 14.9. The van der Waals surface area contributed by atoms with E-state index in [-0.39, 0.29) is 5.41 Å². The zero-order valence-electron chi connectivity index (χ0n) is 13.7. The largest absolute Gasteiger partial charge is 0.350 e. The Labute approximate surface area is 122 Å². The van der Waals surface area contributed by atoms with E-state index in [1.165, 1.54) is 5.69 Å². The van der Waals surface area contributed by atoms with Gasteiger partial charge in [-0.25, -0.2) is 0 Å². The van der Waals surface area contributed by atoms with Gasteiger partial charge < -0.3 is 4.57 Å². The summed E-state index contributed by atoms with van der Waals surface area (Å²) in [5.41, 5.74) is 3.15. The van der Waals surface area contributed by atoms with Crippen molar-refractivity contribution < 1.29 is 4.79 Å². The van der Waals surface area contributed by atoms with Gasteiger partial charge in [-0.1, -0.05) is 41.5 Å². The highest BCUT2D eigenvalue weighted by Crippen LogP contribution is 2.69. The standard InChI is InChI=1S/C18H27NO/c1-16(2)9-13-12(14(20)10-16)7-8-19(13)11-15-17(3,4)18(15,5)6/h7-8,15H,9-11H2,1-6H3. The lowest BCUT2D eigenvalue weighted by molar-refractivity contribution is 0.0909. The predicted octanol–water partition coefficient (Wildman–Crippen LogP) is 4.33. The Balaban J connectivity index is 1.90. The number of fused-ring (bicyclic) bond motifs is 1. The highest BCUT2D eigenvalue weighted by molar-refractivity contribution is 5.98. The van der Waals surface area contributed by atoms with Gasteiger partial charge in [-0.3, -0.25) is 4.79 Å². The van der Waals surface area contributed by atoms with Crippen LogP contribution in [0.25, 0.3) is 0 Å². The van der Waals surface area contributed by atoms with E-state index in [0.717, 1.165) is 18.5 Å². The van der Waals surface area contributed by atoms with Gasteiger partial charge in [0.05, 0.1) is 0 Å². The summed E-state index contributed by atoms with van der Waals surface area (Å²) in [6.45, 7) is 14.9. The molecular formula is C18H27NO. The minimum absolute atomic E-state index is 0.106. The van der Waals surface area contributed by atoms with Gasteiger partial charge in [-0.05, 0) is 34.7 Å². The molecule has 0 bridgehead atoms. The van der Waals surface area contributed by atoms with Gasteiger partial charge in [0, 0.05) is 30.4 Å². The van der Waals surface area contributed by atoms with Gasteiger partial charge in [-0.15, -0.1) is 0 Å². The fourth-order valence-corrected chi connectivity index (χ4v) is 4.16. The van der Waals surface area contributed by atoms with E-state index >= 15 is 0 Å². The fourth-order valence-electron chi connectivity index (χ4n) is 4.16. The molecule has 3 rings (SSSR count). The monoisotopic (exact) mass is 273 g/mol. The van der Waals surface area contributed by atoms with Crippen LogP contribution in [0.5, 0.6) is 0 Å². The molecule has 1 saturated carbocycles. The maximum absolute atomic E-state index is 12.3. The van der Waals surface area contributed by atoms with Crippen LogP contribution >= 0.6 is 0 Å². The molecule has 2 heteroatoms. The predicted molar refractivity (Wildman–Crippen MR) is 81.9 cm³/mol. The van der Waals surface area contributed by atoms with Crippen molar-refractivity contribution >= 4 is 5.78 Å². The van der Waals surface area contributed by atoms with Crippen molar-refractivity contribution in [3.05, 3.63) is 23.5 Å². The van der Waals surface area contributed by atoms with E-state index in [9.17, 15) is 4.79 Å². The summed E-state index contributed by atoms with van der Waals surface area (Å²) in [6, 6.07) is 2.04. The van der Waals surface area contributed by atoms with Crippen LogP contribution in [0.2, 0.25) is 0 Å². The molecule has 1 aromatic heterocycles. The van der Waals surface area contributed by atoms with Crippen molar-refractivity contribution in [1.82, 2.24) is 4.57 Å². The van der Waals surface area contributed by atoms with Crippen LogP contribution in [0.1, 0.15) is 64.0 Å². The fraction of sp³-hybridized carbons (Fsp3) is 0.722. The molecule has 0 N–H and O–H groups in total. The van der Waals surface area contributed by atoms with Gasteiger partial charge in [0.1, 0.15) is 0 Å². The molecule has 20 heavy (non-hydrogen) atoms. The molecule has 0 aliphatic heterocycles. The topological polar surface area (TPSA) is 22.0 Å². The normalized spacial score (nSPS) is 26.4. The molecule has 0 spiro atoms. The number of rotatable bonds is 2. The summed E-state index contributed by atoms with van der Waals surface area (Å²) >= 11 is 0. The van der Waals surface area contributed by atoms with Crippen molar-refractivity contribution in [2.24, 2.45) is 22.2 Å². The maximum Gasteiger partial charge on any atom is 0.165 e. The number of nitrogens with zero attached hydrogens (tertiary/aromatic N) is 1. The molecule has 0 unspecified atom stereocenters. The van der Waals surface area contributed by atoms with E-state index in [4.69, 9.17) is 0 Å². The first-order chi connectivity index (χ1) is 9.06. The molecule has 2 aliphatic carbocycles. The smallest absolute Gasteiger partial charge is 0.165 e. The van der Waals surface area contributed by atoms with E-state index in [1.54, 1.807) is 0 Å². The van der Waals surface area contributed by atoms with Gasteiger partial charge in [-0.2, -0.15) is 0 Å². The van der Waals surface area contributed by atoms with Crippen molar-refractivity contribution in [3.8, 4) is 0 Å². The lowest BCUT2D eigenvalue weighted by Crippen LogP contribution is -2.28. The van der Waals surface area contributed by atoms with Gasteiger partial charge in [0.25, 0.3) is 0 Å². The van der Waals surface area contributed by atoms with E-state index in [1.807, 2.05) is 6.07 Å². The van der Waals surface area contributed by atoms with Gasteiger partial charge in [0.2, 0.25) is 0 Å². The molecule has 0 aromatic carbocycles. The quantitative estimate of drug-likeness (QED) is 0.786. The SMILES string of the molecule is CC1(C)CC(=O)c2ccn(CC3C(C)(C)C3(C)C)c2C1. The van der Waals surface area contributed by atoms with Crippen LogP contribution < -0.4 is 0 Å². The lowest BCUT2D eigenvalue weighted by Gasteiger charge is -2.29. The first kappa shape index (κ1) is 13.9. The summed E-state index contributed by atoms with van der Waals surface area (Å²) in [6.07, 6.45) is 3.84. The average molecular weight is 273 g/mol.